The van der Waals surface area contributed by atoms with Crippen molar-refractivity contribution in [3.05, 3.63) is 99.6 Å². The molecule has 34 heavy (non-hydrogen) atoms. The van der Waals surface area contributed by atoms with E-state index in [9.17, 15) is 18.0 Å². The topological polar surface area (TPSA) is 41.6 Å². The molecule has 176 valence electrons. The quantitative estimate of drug-likeness (QED) is 0.536. The van der Waals surface area contributed by atoms with Crippen molar-refractivity contribution in [1.82, 2.24) is 10.2 Å². The number of rotatable bonds is 6. The van der Waals surface area contributed by atoms with Gasteiger partial charge in [0.05, 0.1) is 0 Å². The Morgan fingerprint density at radius 2 is 1.65 bits per heavy atom. The molecule has 1 aliphatic carbocycles. The molecular weight excluding hydrogens is 441 g/mol. The number of nitrogens with zero attached hydrogens (tertiary/aromatic N) is 1. The molecule has 1 N–H and O–H groups in total. The average Bonchev–Trinajstić information content (AvgIpc) is 3.33. The maximum Gasteiger partial charge on any atom is 0.573 e. The fourth-order valence-corrected chi connectivity index (χ4v) is 5.02. The molecule has 7 heteroatoms. The average molecular weight is 467 g/mol. The molecule has 1 heterocycles. The molecular formula is C27H25F3N2O2. The highest BCUT2D eigenvalue weighted by molar-refractivity contribution is 5.99. The first kappa shape index (κ1) is 22.5. The van der Waals surface area contributed by atoms with Gasteiger partial charge in [-0.3, -0.25) is 4.79 Å². The molecule has 0 atom stereocenters. The lowest BCUT2D eigenvalue weighted by atomic mass is 10.00. The number of hydrogen-bond acceptors (Lipinski definition) is 3. The van der Waals surface area contributed by atoms with Crippen LogP contribution in [0.25, 0.3) is 0 Å². The van der Waals surface area contributed by atoms with Crippen molar-refractivity contribution in [1.29, 1.82) is 0 Å². The Hall–Kier alpha value is -3.32. The van der Waals surface area contributed by atoms with Crippen LogP contribution < -0.4 is 10.1 Å². The predicted molar refractivity (Wildman–Crippen MR) is 122 cm³/mol. The number of amides is 1. The Bertz CT molecular complexity index is 1200. The first-order chi connectivity index (χ1) is 16.2. The Morgan fingerprint density at radius 1 is 0.971 bits per heavy atom. The smallest absolute Gasteiger partial charge is 0.406 e. The van der Waals surface area contributed by atoms with E-state index in [2.05, 4.69) is 46.5 Å². The summed E-state index contributed by atoms with van der Waals surface area (Å²) in [5.41, 5.74) is 7.38. The molecule has 1 aliphatic heterocycles. The molecule has 0 aromatic heterocycles. The van der Waals surface area contributed by atoms with Gasteiger partial charge < -0.3 is 15.0 Å². The van der Waals surface area contributed by atoms with Crippen LogP contribution in [0.15, 0.2) is 60.7 Å². The number of carbonyl (C=O) groups is 1. The van der Waals surface area contributed by atoms with Crippen LogP contribution in [0.3, 0.4) is 0 Å². The molecule has 0 bridgehead atoms. The normalized spacial score (nSPS) is 15.5. The molecule has 5 rings (SSSR count). The fraction of sp³-hybridized carbons (Fsp3) is 0.296. The molecule has 0 saturated carbocycles. The Kier molecular flexibility index (Phi) is 5.81. The molecule has 2 aliphatic rings. The number of nitrogens with one attached hydrogen (secondary N) is 1. The Morgan fingerprint density at radius 3 is 2.29 bits per heavy atom. The molecule has 0 unspecified atom stereocenters. The summed E-state index contributed by atoms with van der Waals surface area (Å²) in [4.78, 5) is 14.7. The van der Waals surface area contributed by atoms with E-state index in [0.717, 1.165) is 47.2 Å². The summed E-state index contributed by atoms with van der Waals surface area (Å²) >= 11 is 0. The highest BCUT2D eigenvalue weighted by atomic mass is 19.4. The van der Waals surface area contributed by atoms with E-state index in [0.29, 0.717) is 19.1 Å². The maximum absolute atomic E-state index is 13.0. The Labute approximate surface area is 196 Å². The van der Waals surface area contributed by atoms with Crippen molar-refractivity contribution >= 4 is 5.91 Å². The number of benzene rings is 3. The Balaban J connectivity index is 1.22. The van der Waals surface area contributed by atoms with E-state index in [4.69, 9.17) is 0 Å². The zero-order chi connectivity index (χ0) is 23.9. The van der Waals surface area contributed by atoms with E-state index in [1.165, 1.54) is 23.3 Å². The van der Waals surface area contributed by atoms with Crippen LogP contribution in [0.1, 0.15) is 43.7 Å². The molecule has 0 spiro atoms. The number of aryl methyl sites for hydroxylation is 1. The van der Waals surface area contributed by atoms with Gasteiger partial charge in [-0.05, 0) is 65.3 Å². The molecule has 1 amide bonds. The third-order valence-electron chi connectivity index (χ3n) is 6.52. The summed E-state index contributed by atoms with van der Waals surface area (Å²) in [5.74, 6) is -0.320. The SMILES string of the molecule is Cc1cc(CNC2Cc3ccccc3C2)cc2c1C(=O)N(Cc1ccc(OC(F)(F)F)cc1)C2. The van der Waals surface area contributed by atoms with Gasteiger partial charge in [-0.25, -0.2) is 0 Å². The highest BCUT2D eigenvalue weighted by Crippen LogP contribution is 2.30. The highest BCUT2D eigenvalue weighted by Gasteiger charge is 2.32. The first-order valence-corrected chi connectivity index (χ1v) is 11.3. The van der Waals surface area contributed by atoms with Crippen molar-refractivity contribution in [3.8, 4) is 5.75 Å². The van der Waals surface area contributed by atoms with Crippen molar-refractivity contribution in [3.63, 3.8) is 0 Å². The van der Waals surface area contributed by atoms with Crippen LogP contribution in [0, 0.1) is 6.92 Å². The number of hydrogen-bond donors (Lipinski definition) is 1. The van der Waals surface area contributed by atoms with Gasteiger partial charge in [-0.2, -0.15) is 0 Å². The standard InChI is InChI=1S/C27H25F3N2O2/c1-17-10-19(14-31-23-12-20-4-2-3-5-21(20)13-23)11-22-16-32(26(33)25(17)22)15-18-6-8-24(9-7-18)34-27(28,29)30/h2-11,23,31H,12-16H2,1H3. The fourth-order valence-electron chi connectivity index (χ4n) is 5.02. The van der Waals surface area contributed by atoms with Gasteiger partial charge in [0, 0.05) is 31.2 Å². The second-order valence-corrected chi connectivity index (χ2v) is 9.05. The van der Waals surface area contributed by atoms with Crippen molar-refractivity contribution < 1.29 is 22.7 Å². The minimum atomic E-state index is -4.72. The van der Waals surface area contributed by atoms with E-state index in [-0.39, 0.29) is 11.7 Å². The number of fused-ring (bicyclic) bond motifs is 2. The van der Waals surface area contributed by atoms with Crippen LogP contribution >= 0.6 is 0 Å². The van der Waals surface area contributed by atoms with E-state index < -0.39 is 6.36 Å². The van der Waals surface area contributed by atoms with E-state index in [1.54, 1.807) is 17.0 Å². The third-order valence-corrected chi connectivity index (χ3v) is 6.52. The summed E-state index contributed by atoms with van der Waals surface area (Å²) < 4.78 is 41.0. The summed E-state index contributed by atoms with van der Waals surface area (Å²) in [6, 6.07) is 18.8. The van der Waals surface area contributed by atoms with Gasteiger partial charge in [-0.1, -0.05) is 48.5 Å². The maximum atomic E-state index is 13.0. The summed E-state index contributed by atoms with van der Waals surface area (Å²) in [7, 11) is 0. The van der Waals surface area contributed by atoms with Gasteiger partial charge in [-0.15, -0.1) is 13.2 Å². The second kappa shape index (κ2) is 8.80. The van der Waals surface area contributed by atoms with Gasteiger partial charge in [0.1, 0.15) is 5.75 Å². The van der Waals surface area contributed by atoms with Crippen LogP contribution in [-0.2, 0) is 32.5 Å². The number of alkyl halides is 3. The van der Waals surface area contributed by atoms with E-state index in [1.807, 2.05) is 6.92 Å². The second-order valence-electron chi connectivity index (χ2n) is 9.05. The number of halogens is 3. The van der Waals surface area contributed by atoms with Crippen molar-refractivity contribution in [2.24, 2.45) is 0 Å². The molecule has 0 saturated heterocycles. The molecule has 4 nitrogen and oxygen atoms in total. The summed E-state index contributed by atoms with van der Waals surface area (Å²) in [6.07, 6.45) is -2.67. The van der Waals surface area contributed by atoms with Gasteiger partial charge >= 0.3 is 6.36 Å². The summed E-state index contributed by atoms with van der Waals surface area (Å²) in [5, 5.41) is 3.66. The molecule has 3 aromatic rings. The lowest BCUT2D eigenvalue weighted by Gasteiger charge is -2.16. The first-order valence-electron chi connectivity index (χ1n) is 11.3. The molecule has 0 fully saturated rings. The zero-order valence-corrected chi connectivity index (χ0v) is 18.8. The largest absolute Gasteiger partial charge is 0.573 e. The predicted octanol–water partition coefficient (Wildman–Crippen LogP) is 5.31. The number of carbonyl (C=O) groups excluding carboxylic acids is 1. The lowest BCUT2D eigenvalue weighted by Crippen LogP contribution is -2.29. The van der Waals surface area contributed by atoms with Crippen LogP contribution in [-0.4, -0.2) is 23.2 Å². The monoisotopic (exact) mass is 466 g/mol. The van der Waals surface area contributed by atoms with Gasteiger partial charge in [0.25, 0.3) is 5.91 Å². The minimum absolute atomic E-state index is 0.0473. The van der Waals surface area contributed by atoms with Crippen LogP contribution in [0.4, 0.5) is 13.2 Å². The molecule has 0 radical (unpaired) electrons. The van der Waals surface area contributed by atoms with Crippen molar-refractivity contribution in [2.45, 2.75) is 51.8 Å². The van der Waals surface area contributed by atoms with Gasteiger partial charge in [0.2, 0.25) is 0 Å². The number of ether oxygens (including phenoxy) is 1. The minimum Gasteiger partial charge on any atom is -0.406 e. The van der Waals surface area contributed by atoms with Gasteiger partial charge in [0.15, 0.2) is 0 Å². The van der Waals surface area contributed by atoms with Crippen LogP contribution in [0.2, 0.25) is 0 Å². The van der Waals surface area contributed by atoms with E-state index >= 15 is 0 Å². The zero-order valence-electron chi connectivity index (χ0n) is 18.8. The third kappa shape index (κ3) is 4.80. The lowest BCUT2D eigenvalue weighted by molar-refractivity contribution is -0.274. The summed E-state index contributed by atoms with van der Waals surface area (Å²) in [6.45, 7) is 3.51. The van der Waals surface area contributed by atoms with Crippen molar-refractivity contribution in [2.75, 3.05) is 0 Å². The molecule has 3 aromatic carbocycles. The van der Waals surface area contributed by atoms with Crippen LogP contribution in [0.5, 0.6) is 5.75 Å².